The van der Waals surface area contributed by atoms with E-state index in [4.69, 9.17) is 16.3 Å². The van der Waals surface area contributed by atoms with Crippen LogP contribution in [0, 0.1) is 10.1 Å². The van der Waals surface area contributed by atoms with Crippen LogP contribution in [-0.2, 0) is 0 Å². The zero-order chi connectivity index (χ0) is 12.0. The van der Waals surface area contributed by atoms with E-state index >= 15 is 0 Å². The zero-order valence-electron chi connectivity index (χ0n) is 8.13. The van der Waals surface area contributed by atoms with Gasteiger partial charge in [-0.2, -0.15) is 0 Å². The Bertz CT molecular complexity index is 431. The van der Waals surface area contributed by atoms with Crippen LogP contribution in [0.5, 0.6) is 5.75 Å². The highest BCUT2D eigenvalue weighted by Crippen LogP contribution is 2.27. The number of rotatable bonds is 5. The molecule has 1 rings (SSSR count). The van der Waals surface area contributed by atoms with Gasteiger partial charge >= 0.3 is 5.69 Å². The summed E-state index contributed by atoms with van der Waals surface area (Å²) < 4.78 is 5.11. The quantitative estimate of drug-likeness (QED) is 0.451. The lowest BCUT2D eigenvalue weighted by Gasteiger charge is -2.04. The molecule has 0 saturated heterocycles. The topological polar surface area (TPSA) is 69.4 Å². The Kier molecular flexibility index (Phi) is 4.47. The van der Waals surface area contributed by atoms with Gasteiger partial charge in [0.1, 0.15) is 12.9 Å². The average molecular weight is 242 g/mol. The molecule has 0 atom stereocenters. The van der Waals surface area contributed by atoms with Crippen LogP contribution in [-0.4, -0.2) is 17.8 Å². The molecule has 16 heavy (non-hydrogen) atoms. The zero-order valence-corrected chi connectivity index (χ0v) is 8.89. The standard InChI is InChI=1S/C10H8ClNO4/c11-4-1-5-16-10-6-8(7-13)2-3-9(10)12(14)15/h1-4,6-7H,5H2. The summed E-state index contributed by atoms with van der Waals surface area (Å²) in [4.78, 5) is 20.6. The average Bonchev–Trinajstić information content (AvgIpc) is 2.29. The molecule has 0 radical (unpaired) electrons. The van der Waals surface area contributed by atoms with Crippen molar-refractivity contribution in [3.05, 3.63) is 45.5 Å². The predicted molar refractivity (Wildman–Crippen MR) is 59.0 cm³/mol. The minimum absolute atomic E-state index is 0.0457. The van der Waals surface area contributed by atoms with Crippen LogP contribution in [0.3, 0.4) is 0 Å². The van der Waals surface area contributed by atoms with Gasteiger partial charge in [-0.15, -0.1) is 0 Å². The monoisotopic (exact) mass is 241 g/mol. The largest absolute Gasteiger partial charge is 0.483 e. The summed E-state index contributed by atoms with van der Waals surface area (Å²) in [7, 11) is 0. The van der Waals surface area contributed by atoms with E-state index < -0.39 is 4.92 Å². The Hall–Kier alpha value is -1.88. The number of nitro benzene ring substituents is 1. The fourth-order valence-electron chi connectivity index (χ4n) is 1.04. The van der Waals surface area contributed by atoms with Crippen LogP contribution in [0.1, 0.15) is 10.4 Å². The van der Waals surface area contributed by atoms with Crippen molar-refractivity contribution in [2.45, 2.75) is 0 Å². The summed E-state index contributed by atoms with van der Waals surface area (Å²) in [6, 6.07) is 3.89. The Morgan fingerprint density at radius 3 is 2.81 bits per heavy atom. The molecule has 0 N–H and O–H groups in total. The number of halogens is 1. The first-order chi connectivity index (χ1) is 7.69. The van der Waals surface area contributed by atoms with Crippen LogP contribution in [0.4, 0.5) is 5.69 Å². The first kappa shape index (κ1) is 12.2. The van der Waals surface area contributed by atoms with Crippen molar-refractivity contribution in [3.8, 4) is 5.75 Å². The molecule has 5 nitrogen and oxygen atoms in total. The van der Waals surface area contributed by atoms with Crippen LogP contribution >= 0.6 is 11.6 Å². The van der Waals surface area contributed by atoms with Gasteiger partial charge in [0, 0.05) is 17.2 Å². The summed E-state index contributed by atoms with van der Waals surface area (Å²) in [6.07, 6.45) is 2.08. The maximum Gasteiger partial charge on any atom is 0.310 e. The van der Waals surface area contributed by atoms with Crippen molar-refractivity contribution in [1.82, 2.24) is 0 Å². The highest BCUT2D eigenvalue weighted by atomic mass is 35.5. The predicted octanol–water partition coefficient (Wildman–Crippen LogP) is 2.54. The summed E-state index contributed by atoms with van der Waals surface area (Å²) in [5.41, 5.74) is 1.37. The molecule has 84 valence electrons. The minimum Gasteiger partial charge on any atom is -0.483 e. The third-order valence-electron chi connectivity index (χ3n) is 1.74. The van der Waals surface area contributed by atoms with Crippen molar-refractivity contribution < 1.29 is 14.5 Å². The molecule has 0 spiro atoms. The third kappa shape index (κ3) is 3.06. The van der Waals surface area contributed by atoms with Gasteiger partial charge in [0.05, 0.1) is 4.92 Å². The molecule has 6 heteroatoms. The van der Waals surface area contributed by atoms with Crippen molar-refractivity contribution in [2.75, 3.05) is 6.61 Å². The van der Waals surface area contributed by atoms with E-state index in [2.05, 4.69) is 0 Å². The third-order valence-corrected chi connectivity index (χ3v) is 1.92. The van der Waals surface area contributed by atoms with Crippen molar-refractivity contribution in [1.29, 1.82) is 0 Å². The lowest BCUT2D eigenvalue weighted by molar-refractivity contribution is -0.385. The molecular weight excluding hydrogens is 234 g/mol. The van der Waals surface area contributed by atoms with Crippen LogP contribution < -0.4 is 4.74 Å². The second kappa shape index (κ2) is 5.87. The fraction of sp³-hybridized carbons (Fsp3) is 0.100. The van der Waals surface area contributed by atoms with E-state index in [0.29, 0.717) is 11.8 Å². The number of aldehydes is 1. The van der Waals surface area contributed by atoms with Crippen molar-refractivity contribution >= 4 is 23.6 Å². The van der Waals surface area contributed by atoms with Gasteiger partial charge in [-0.3, -0.25) is 14.9 Å². The lowest BCUT2D eigenvalue weighted by atomic mass is 10.2. The number of carbonyl (C=O) groups excluding carboxylic acids is 1. The van der Waals surface area contributed by atoms with E-state index in [1.54, 1.807) is 0 Å². The van der Waals surface area contributed by atoms with Gasteiger partial charge in [0.2, 0.25) is 0 Å². The number of nitro groups is 1. The normalized spacial score (nSPS) is 10.3. The highest BCUT2D eigenvalue weighted by Gasteiger charge is 2.14. The van der Waals surface area contributed by atoms with E-state index in [0.717, 1.165) is 0 Å². The van der Waals surface area contributed by atoms with Gasteiger partial charge in [-0.1, -0.05) is 11.6 Å². The van der Waals surface area contributed by atoms with Gasteiger partial charge in [0.15, 0.2) is 5.75 Å². The summed E-state index contributed by atoms with van der Waals surface area (Å²) >= 11 is 5.28. The van der Waals surface area contributed by atoms with Crippen LogP contribution in [0.15, 0.2) is 29.8 Å². The second-order valence-corrected chi connectivity index (χ2v) is 3.03. The minimum atomic E-state index is -0.575. The maximum atomic E-state index is 10.6. The number of nitrogens with zero attached hydrogens (tertiary/aromatic N) is 1. The van der Waals surface area contributed by atoms with Crippen LogP contribution in [0.25, 0.3) is 0 Å². The molecule has 0 amide bonds. The van der Waals surface area contributed by atoms with Crippen molar-refractivity contribution in [3.63, 3.8) is 0 Å². The molecule has 1 aromatic carbocycles. The molecule has 0 fully saturated rings. The Labute approximate surface area is 96.4 Å². The van der Waals surface area contributed by atoms with Gasteiger partial charge in [-0.25, -0.2) is 0 Å². The Morgan fingerprint density at radius 2 is 2.25 bits per heavy atom. The van der Waals surface area contributed by atoms with E-state index in [1.807, 2.05) is 0 Å². The lowest BCUT2D eigenvalue weighted by Crippen LogP contribution is -1.99. The molecule has 1 aromatic rings. The number of ether oxygens (including phenoxy) is 1. The van der Waals surface area contributed by atoms with Crippen LogP contribution in [0.2, 0.25) is 0 Å². The van der Waals surface area contributed by atoms with E-state index in [1.165, 1.54) is 29.8 Å². The number of hydrogen-bond acceptors (Lipinski definition) is 4. The fourth-order valence-corrected chi connectivity index (χ4v) is 1.12. The summed E-state index contributed by atoms with van der Waals surface area (Å²) in [6.45, 7) is 0.104. The van der Waals surface area contributed by atoms with Gasteiger partial charge < -0.3 is 4.74 Å². The number of carbonyl (C=O) groups is 1. The van der Waals surface area contributed by atoms with Crippen molar-refractivity contribution in [2.24, 2.45) is 0 Å². The Morgan fingerprint density at radius 1 is 1.50 bits per heavy atom. The second-order valence-electron chi connectivity index (χ2n) is 2.77. The van der Waals surface area contributed by atoms with Gasteiger partial charge in [-0.05, 0) is 18.2 Å². The first-order valence-corrected chi connectivity index (χ1v) is 4.74. The first-order valence-electron chi connectivity index (χ1n) is 4.30. The SMILES string of the molecule is O=Cc1ccc([N+](=O)[O-])c(OCC=CCl)c1. The molecule has 0 unspecified atom stereocenters. The number of hydrogen-bond donors (Lipinski definition) is 0. The molecule has 0 bridgehead atoms. The smallest absolute Gasteiger partial charge is 0.310 e. The molecule has 0 saturated carbocycles. The molecule has 0 aliphatic heterocycles. The summed E-state index contributed by atoms with van der Waals surface area (Å²) in [5, 5.41) is 10.6. The molecule has 0 aliphatic rings. The number of benzene rings is 1. The highest BCUT2D eigenvalue weighted by molar-refractivity contribution is 6.25. The molecule has 0 aromatic heterocycles. The van der Waals surface area contributed by atoms with E-state index in [-0.39, 0.29) is 18.0 Å². The van der Waals surface area contributed by atoms with E-state index in [9.17, 15) is 14.9 Å². The molecular formula is C10H8ClNO4. The summed E-state index contributed by atoms with van der Waals surface area (Å²) in [5.74, 6) is 0.0457. The maximum absolute atomic E-state index is 10.6. The molecule has 0 aliphatic carbocycles. The Balaban J connectivity index is 3.00. The molecule has 0 heterocycles. The van der Waals surface area contributed by atoms with Gasteiger partial charge in [0.25, 0.3) is 0 Å².